The van der Waals surface area contributed by atoms with Gasteiger partial charge in [-0.3, -0.25) is 0 Å². The minimum atomic E-state index is -0.714. The van der Waals surface area contributed by atoms with Gasteiger partial charge in [0.15, 0.2) is 0 Å². The third-order valence-electron chi connectivity index (χ3n) is 3.70. The van der Waals surface area contributed by atoms with Crippen molar-refractivity contribution in [1.29, 1.82) is 0 Å². The van der Waals surface area contributed by atoms with Crippen molar-refractivity contribution in [2.75, 3.05) is 14.2 Å². The summed E-state index contributed by atoms with van der Waals surface area (Å²) in [5, 5.41) is 9.96. The lowest BCUT2D eigenvalue weighted by Gasteiger charge is -2.20. The van der Waals surface area contributed by atoms with Crippen LogP contribution in [-0.2, 0) is 6.42 Å². The van der Waals surface area contributed by atoms with Crippen LogP contribution in [-0.4, -0.2) is 24.9 Å². The fourth-order valence-corrected chi connectivity index (χ4v) is 2.46. The van der Waals surface area contributed by atoms with Crippen LogP contribution < -0.4 is 9.47 Å². The van der Waals surface area contributed by atoms with Crippen LogP contribution in [0.5, 0.6) is 11.5 Å². The van der Waals surface area contributed by atoms with Crippen LogP contribution >= 0.6 is 0 Å². The first-order chi connectivity index (χ1) is 10.4. The zero-order valence-electron chi connectivity index (χ0n) is 13.7. The monoisotopic (exact) mass is 300 g/mol. The average Bonchev–Trinajstić information content (AvgIpc) is 2.52. The molecule has 0 heterocycles. The molecule has 0 aliphatic rings. The summed E-state index contributed by atoms with van der Waals surface area (Å²) in [6.07, 6.45) is 1.34. The molecule has 0 spiro atoms. The van der Waals surface area contributed by atoms with Crippen molar-refractivity contribution in [3.63, 3.8) is 0 Å². The van der Waals surface area contributed by atoms with E-state index in [2.05, 4.69) is 12.1 Å². The summed E-state index contributed by atoms with van der Waals surface area (Å²) in [6, 6.07) is 14.2. The Labute approximate surface area is 132 Å². The highest BCUT2D eigenvalue weighted by Crippen LogP contribution is 2.36. The number of ether oxygens (including phenoxy) is 2. The molecule has 0 saturated heterocycles. The fraction of sp³-hybridized carbons (Fsp3) is 0.368. The van der Waals surface area contributed by atoms with Crippen LogP contribution in [0.2, 0.25) is 0 Å². The zero-order valence-corrected chi connectivity index (χ0v) is 13.7. The maximum atomic E-state index is 9.96. The van der Waals surface area contributed by atoms with Crippen LogP contribution in [0.4, 0.5) is 0 Å². The van der Waals surface area contributed by atoms with E-state index in [1.54, 1.807) is 14.2 Å². The maximum Gasteiger partial charge on any atom is 0.126 e. The molecule has 0 aliphatic heterocycles. The molecule has 0 amide bonds. The molecule has 2 rings (SSSR count). The van der Waals surface area contributed by atoms with E-state index in [9.17, 15) is 5.11 Å². The smallest absolute Gasteiger partial charge is 0.126 e. The second kappa shape index (κ2) is 6.84. The Morgan fingerprint density at radius 3 is 1.91 bits per heavy atom. The number of hydrogen-bond acceptors (Lipinski definition) is 3. The van der Waals surface area contributed by atoms with Crippen molar-refractivity contribution >= 4 is 0 Å². The van der Waals surface area contributed by atoms with Crippen LogP contribution in [0.3, 0.4) is 0 Å². The summed E-state index contributed by atoms with van der Waals surface area (Å²) in [4.78, 5) is 0. The molecule has 0 aliphatic carbocycles. The van der Waals surface area contributed by atoms with Gasteiger partial charge in [0, 0.05) is 5.56 Å². The lowest BCUT2D eigenvalue weighted by Crippen LogP contribution is -2.19. The number of hydrogen-bond donors (Lipinski definition) is 1. The van der Waals surface area contributed by atoms with Crippen LogP contribution in [0, 0.1) is 0 Å². The van der Waals surface area contributed by atoms with E-state index < -0.39 is 5.60 Å². The van der Waals surface area contributed by atoms with Crippen molar-refractivity contribution < 1.29 is 14.6 Å². The van der Waals surface area contributed by atoms with E-state index in [1.807, 2.05) is 44.2 Å². The van der Waals surface area contributed by atoms with Gasteiger partial charge in [0.25, 0.3) is 0 Å². The molecular weight excluding hydrogens is 276 g/mol. The highest BCUT2D eigenvalue weighted by atomic mass is 16.5. The first-order valence-electron chi connectivity index (χ1n) is 7.47. The van der Waals surface area contributed by atoms with Gasteiger partial charge in [-0.25, -0.2) is 0 Å². The number of benzene rings is 2. The maximum absolute atomic E-state index is 9.96. The fourth-order valence-electron chi connectivity index (χ4n) is 2.46. The molecular formula is C19H24O3. The van der Waals surface area contributed by atoms with Crippen molar-refractivity contribution in [1.82, 2.24) is 0 Å². The van der Waals surface area contributed by atoms with E-state index >= 15 is 0 Å². The first-order valence-corrected chi connectivity index (χ1v) is 7.47. The van der Waals surface area contributed by atoms with Crippen molar-refractivity contribution in [2.24, 2.45) is 0 Å². The molecule has 3 nitrogen and oxygen atoms in total. The second-order valence-corrected chi connectivity index (χ2v) is 6.04. The predicted molar refractivity (Wildman–Crippen MR) is 89.6 cm³/mol. The molecule has 0 atom stereocenters. The van der Waals surface area contributed by atoms with Crippen molar-refractivity contribution in [3.05, 3.63) is 48.0 Å². The third kappa shape index (κ3) is 4.01. The van der Waals surface area contributed by atoms with E-state index in [1.165, 1.54) is 0 Å². The van der Waals surface area contributed by atoms with E-state index in [0.717, 1.165) is 28.2 Å². The Morgan fingerprint density at radius 2 is 1.45 bits per heavy atom. The molecule has 2 aromatic rings. The third-order valence-corrected chi connectivity index (χ3v) is 3.70. The molecule has 1 N–H and O–H groups in total. The molecule has 0 fully saturated rings. The molecule has 0 saturated carbocycles. The summed E-state index contributed by atoms with van der Waals surface area (Å²) in [7, 11) is 3.33. The number of rotatable bonds is 6. The van der Waals surface area contributed by atoms with Gasteiger partial charge in [0.05, 0.1) is 19.8 Å². The molecule has 0 bridgehead atoms. The summed E-state index contributed by atoms with van der Waals surface area (Å²) in [5.41, 5.74) is 2.45. The molecule has 118 valence electrons. The quantitative estimate of drug-likeness (QED) is 0.874. The normalized spacial score (nSPS) is 11.3. The molecule has 0 radical (unpaired) electrons. The predicted octanol–water partition coefficient (Wildman–Crippen LogP) is 4.07. The Kier molecular flexibility index (Phi) is 5.09. The largest absolute Gasteiger partial charge is 0.496 e. The summed E-state index contributed by atoms with van der Waals surface area (Å²) < 4.78 is 11.1. The van der Waals surface area contributed by atoms with Gasteiger partial charge in [0.2, 0.25) is 0 Å². The van der Waals surface area contributed by atoms with Gasteiger partial charge in [-0.1, -0.05) is 30.3 Å². The Balaban J connectivity index is 2.42. The summed E-state index contributed by atoms with van der Waals surface area (Å²) in [5.74, 6) is 1.59. The summed E-state index contributed by atoms with van der Waals surface area (Å²) >= 11 is 0. The van der Waals surface area contributed by atoms with Gasteiger partial charge >= 0.3 is 0 Å². The van der Waals surface area contributed by atoms with E-state index in [-0.39, 0.29) is 0 Å². The van der Waals surface area contributed by atoms with Crippen LogP contribution in [0.15, 0.2) is 42.5 Å². The van der Waals surface area contributed by atoms with Gasteiger partial charge in [-0.2, -0.15) is 0 Å². The molecule has 0 unspecified atom stereocenters. The van der Waals surface area contributed by atoms with Gasteiger partial charge in [-0.05, 0) is 49.9 Å². The number of methoxy groups -OCH3 is 2. The SMILES string of the molecule is COc1cc(-c2ccccc2)cc(OC)c1CCC(C)(C)O. The second-order valence-electron chi connectivity index (χ2n) is 6.04. The summed E-state index contributed by atoms with van der Waals surface area (Å²) in [6.45, 7) is 3.62. The minimum absolute atomic E-state index is 0.643. The van der Waals surface area contributed by atoms with Crippen LogP contribution in [0.1, 0.15) is 25.8 Å². The highest BCUT2D eigenvalue weighted by Gasteiger charge is 2.18. The average molecular weight is 300 g/mol. The first kappa shape index (κ1) is 16.4. The molecule has 2 aromatic carbocycles. The van der Waals surface area contributed by atoms with Gasteiger partial charge in [-0.15, -0.1) is 0 Å². The molecule has 22 heavy (non-hydrogen) atoms. The number of aliphatic hydroxyl groups is 1. The highest BCUT2D eigenvalue weighted by molar-refractivity contribution is 5.69. The van der Waals surface area contributed by atoms with Crippen molar-refractivity contribution in [3.8, 4) is 22.6 Å². The van der Waals surface area contributed by atoms with Crippen LogP contribution in [0.25, 0.3) is 11.1 Å². The van der Waals surface area contributed by atoms with Gasteiger partial charge < -0.3 is 14.6 Å². The minimum Gasteiger partial charge on any atom is -0.496 e. The van der Waals surface area contributed by atoms with E-state index in [0.29, 0.717) is 12.8 Å². The lowest BCUT2D eigenvalue weighted by molar-refractivity contribution is 0.0711. The Morgan fingerprint density at radius 1 is 0.909 bits per heavy atom. The Bertz CT molecular complexity index is 587. The Hall–Kier alpha value is -2.00. The zero-order chi connectivity index (χ0) is 16.2. The molecule has 0 aromatic heterocycles. The topological polar surface area (TPSA) is 38.7 Å². The van der Waals surface area contributed by atoms with Gasteiger partial charge in [0.1, 0.15) is 11.5 Å². The molecule has 3 heteroatoms. The standard InChI is InChI=1S/C19H24O3/c1-19(2,20)11-10-16-17(21-3)12-15(13-18(16)22-4)14-8-6-5-7-9-14/h5-9,12-13,20H,10-11H2,1-4H3. The van der Waals surface area contributed by atoms with E-state index in [4.69, 9.17) is 9.47 Å². The lowest BCUT2D eigenvalue weighted by atomic mass is 9.95. The van der Waals surface area contributed by atoms with Crippen molar-refractivity contribution in [2.45, 2.75) is 32.3 Å².